The summed E-state index contributed by atoms with van der Waals surface area (Å²) in [7, 11) is 7.49. The van der Waals surface area contributed by atoms with Gasteiger partial charge in [-0.05, 0) is 49.2 Å². The van der Waals surface area contributed by atoms with Crippen molar-refractivity contribution in [3.63, 3.8) is 0 Å². The van der Waals surface area contributed by atoms with Crippen molar-refractivity contribution in [1.82, 2.24) is 0 Å². The van der Waals surface area contributed by atoms with Gasteiger partial charge in [-0.2, -0.15) is 0 Å². The van der Waals surface area contributed by atoms with Crippen LogP contribution in [0.25, 0.3) is 22.3 Å². The zero-order valence-electron chi connectivity index (χ0n) is 26.7. The first-order chi connectivity index (χ1) is 22.8. The van der Waals surface area contributed by atoms with Gasteiger partial charge in [-0.25, -0.2) is 4.39 Å². The zero-order chi connectivity index (χ0) is 33.1. The summed E-state index contributed by atoms with van der Waals surface area (Å²) in [5.41, 5.74) is 2.00. The van der Waals surface area contributed by atoms with Gasteiger partial charge in [-0.15, -0.1) is 0 Å². The number of methoxy groups -OCH3 is 5. The molecule has 11 heteroatoms. The molecule has 1 aliphatic rings. The Bertz CT molecular complexity index is 1940. The van der Waals surface area contributed by atoms with Crippen LogP contribution in [0.5, 0.6) is 34.5 Å². The van der Waals surface area contributed by atoms with E-state index in [4.69, 9.17) is 32.8 Å². The van der Waals surface area contributed by atoms with Crippen LogP contribution in [0.4, 0.5) is 15.8 Å². The Morgan fingerprint density at radius 1 is 0.745 bits per heavy atom. The average molecular weight is 643 g/mol. The Morgan fingerprint density at radius 2 is 1.43 bits per heavy atom. The van der Waals surface area contributed by atoms with Crippen molar-refractivity contribution in [2.45, 2.75) is 18.5 Å². The van der Waals surface area contributed by atoms with E-state index in [0.29, 0.717) is 41.4 Å². The molecule has 4 aromatic carbocycles. The van der Waals surface area contributed by atoms with Crippen molar-refractivity contribution in [1.29, 1.82) is 0 Å². The van der Waals surface area contributed by atoms with Crippen molar-refractivity contribution in [3.8, 4) is 45.8 Å². The molecule has 2 N–H and O–H groups in total. The molecule has 0 spiro atoms. The summed E-state index contributed by atoms with van der Waals surface area (Å²) in [5, 5.41) is 7.29. The van der Waals surface area contributed by atoms with Crippen molar-refractivity contribution in [2.75, 3.05) is 52.8 Å². The molecule has 244 valence electrons. The molecular formula is C36H35FN2O8. The molecule has 2 heterocycles. The van der Waals surface area contributed by atoms with Gasteiger partial charge in [0.25, 0.3) is 0 Å². The molecule has 47 heavy (non-hydrogen) atoms. The molecule has 10 nitrogen and oxygen atoms in total. The molecule has 0 saturated heterocycles. The predicted octanol–water partition coefficient (Wildman–Crippen LogP) is 7.19. The van der Waals surface area contributed by atoms with E-state index in [9.17, 15) is 9.18 Å². The Balaban J connectivity index is 1.39. The highest BCUT2D eigenvalue weighted by Gasteiger charge is 2.38. The molecule has 1 aromatic heterocycles. The maximum atomic E-state index is 14.4. The molecule has 0 fully saturated rings. The lowest BCUT2D eigenvalue weighted by molar-refractivity contribution is 0.286. The fraction of sp³-hybridized carbons (Fsp3) is 0.250. The molecule has 0 amide bonds. The number of benzene rings is 4. The number of ether oxygens (including phenoxy) is 6. The van der Waals surface area contributed by atoms with E-state index < -0.39 is 11.1 Å². The van der Waals surface area contributed by atoms with Crippen molar-refractivity contribution in [3.05, 3.63) is 94.4 Å². The topological polar surface area (TPSA) is 110 Å². The quantitative estimate of drug-likeness (QED) is 0.136. The Kier molecular flexibility index (Phi) is 8.71. The Morgan fingerprint density at radius 3 is 2.02 bits per heavy atom. The highest BCUT2D eigenvalue weighted by atomic mass is 19.1. The van der Waals surface area contributed by atoms with E-state index >= 15 is 0 Å². The van der Waals surface area contributed by atoms with Crippen LogP contribution in [0.15, 0.2) is 82.0 Å². The molecule has 6 rings (SSSR count). The number of hydrogen-bond acceptors (Lipinski definition) is 10. The molecule has 1 aliphatic heterocycles. The fourth-order valence-corrected chi connectivity index (χ4v) is 5.93. The van der Waals surface area contributed by atoms with Crippen LogP contribution in [0.1, 0.15) is 18.4 Å². The Labute approximate surface area is 270 Å². The van der Waals surface area contributed by atoms with Crippen LogP contribution in [-0.4, -0.2) is 42.2 Å². The molecule has 0 radical (unpaired) electrons. The first-order valence-corrected chi connectivity index (χ1v) is 14.9. The van der Waals surface area contributed by atoms with Crippen LogP contribution in [0.2, 0.25) is 0 Å². The van der Waals surface area contributed by atoms with Gasteiger partial charge in [0, 0.05) is 23.3 Å². The average Bonchev–Trinajstić information content (AvgIpc) is 3.49. The van der Waals surface area contributed by atoms with Crippen LogP contribution >= 0.6 is 0 Å². The smallest absolute Gasteiger partial charge is 0.239 e. The summed E-state index contributed by atoms with van der Waals surface area (Å²) in [6.07, 6.45) is 0.959. The monoisotopic (exact) mass is 642 g/mol. The lowest BCUT2D eigenvalue weighted by Gasteiger charge is -2.32. The molecule has 0 saturated carbocycles. The minimum atomic E-state index is -0.803. The van der Waals surface area contributed by atoms with E-state index in [2.05, 4.69) is 10.6 Å². The molecule has 0 aliphatic carbocycles. The normalized spacial score (nSPS) is 12.9. The minimum absolute atomic E-state index is 0.0225. The minimum Gasteiger partial charge on any atom is -0.496 e. The highest BCUT2D eigenvalue weighted by Crippen LogP contribution is 2.45. The molecule has 5 aromatic rings. The molecule has 0 bridgehead atoms. The summed E-state index contributed by atoms with van der Waals surface area (Å²) in [5.74, 6) is 1.63. The third-order valence-electron chi connectivity index (χ3n) is 8.16. The third-order valence-corrected chi connectivity index (χ3v) is 8.16. The van der Waals surface area contributed by atoms with Gasteiger partial charge >= 0.3 is 0 Å². The number of rotatable bonds is 12. The third kappa shape index (κ3) is 5.80. The summed E-state index contributed by atoms with van der Waals surface area (Å²) >= 11 is 0. The van der Waals surface area contributed by atoms with E-state index in [1.165, 1.54) is 47.7 Å². The molecule has 0 unspecified atom stereocenters. The number of anilines is 2. The van der Waals surface area contributed by atoms with Crippen LogP contribution in [0, 0.1) is 5.82 Å². The van der Waals surface area contributed by atoms with Gasteiger partial charge in [-0.3, -0.25) is 4.79 Å². The summed E-state index contributed by atoms with van der Waals surface area (Å²) in [6, 6.07) is 20.9. The summed E-state index contributed by atoms with van der Waals surface area (Å²) in [6.45, 7) is 0.128. The van der Waals surface area contributed by atoms with Gasteiger partial charge in [0.05, 0.1) is 53.5 Å². The second-order valence-electron chi connectivity index (χ2n) is 10.9. The van der Waals surface area contributed by atoms with Crippen molar-refractivity contribution in [2.24, 2.45) is 0 Å². The second kappa shape index (κ2) is 13.0. The Hall–Kier alpha value is -5.58. The van der Waals surface area contributed by atoms with Crippen molar-refractivity contribution >= 4 is 22.3 Å². The lowest BCUT2D eigenvalue weighted by atomic mass is 9.94. The summed E-state index contributed by atoms with van der Waals surface area (Å²) < 4.78 is 54.7. The SMILES string of the molecule is COc1cc(OC)c2c(=O)c(OCCCC3(c4cccc(F)c4)Nc4ccccc4N3)c(-c3cc(OC)c(OC)c(OC)c3)oc2c1. The maximum Gasteiger partial charge on any atom is 0.239 e. The highest BCUT2D eigenvalue weighted by molar-refractivity contribution is 5.89. The lowest BCUT2D eigenvalue weighted by Crippen LogP contribution is -2.39. The number of para-hydroxylation sites is 2. The fourth-order valence-electron chi connectivity index (χ4n) is 5.93. The second-order valence-corrected chi connectivity index (χ2v) is 10.9. The van der Waals surface area contributed by atoms with Crippen LogP contribution < -0.4 is 44.5 Å². The predicted molar refractivity (Wildman–Crippen MR) is 177 cm³/mol. The van der Waals surface area contributed by atoms with Gasteiger partial charge in [0.1, 0.15) is 33.9 Å². The van der Waals surface area contributed by atoms with E-state index in [1.807, 2.05) is 30.3 Å². The number of nitrogens with one attached hydrogen (secondary N) is 2. The van der Waals surface area contributed by atoms with Crippen molar-refractivity contribution < 1.29 is 37.2 Å². The van der Waals surface area contributed by atoms with E-state index in [1.54, 1.807) is 30.3 Å². The number of halogens is 1. The number of hydrogen-bond donors (Lipinski definition) is 2. The number of fused-ring (bicyclic) bond motifs is 2. The zero-order valence-corrected chi connectivity index (χ0v) is 26.7. The van der Waals surface area contributed by atoms with Crippen LogP contribution in [0.3, 0.4) is 0 Å². The summed E-state index contributed by atoms with van der Waals surface area (Å²) in [4.78, 5) is 14.2. The first-order valence-electron chi connectivity index (χ1n) is 14.9. The van der Waals surface area contributed by atoms with E-state index in [-0.39, 0.29) is 40.7 Å². The largest absolute Gasteiger partial charge is 0.496 e. The molecule has 0 atom stereocenters. The van der Waals surface area contributed by atoms with Gasteiger partial charge in [0.2, 0.25) is 16.9 Å². The van der Waals surface area contributed by atoms with Crippen LogP contribution in [-0.2, 0) is 5.66 Å². The standard InChI is InChI=1S/C36H35FN2O8/c1-41-24-19-27(42-2)31-28(20-24)47-33(21-16-29(43-3)34(45-5)30(17-21)44-4)35(32(31)40)46-15-9-14-36(22-10-8-11-23(37)18-22)38-25-12-6-7-13-26(25)39-36/h6-8,10-13,16-20,38-39H,9,14-15H2,1-5H3. The maximum absolute atomic E-state index is 14.4. The van der Waals surface area contributed by atoms with E-state index in [0.717, 1.165) is 16.9 Å². The first kappa shape index (κ1) is 31.4. The van der Waals surface area contributed by atoms with Gasteiger partial charge in [0.15, 0.2) is 17.3 Å². The van der Waals surface area contributed by atoms with Gasteiger partial charge in [-0.1, -0.05) is 24.3 Å². The molecular weight excluding hydrogens is 607 g/mol. The van der Waals surface area contributed by atoms with Gasteiger partial charge < -0.3 is 43.5 Å².